The maximum absolute atomic E-state index is 14.1. The van der Waals surface area contributed by atoms with Crippen LogP contribution in [0.3, 0.4) is 0 Å². The zero-order valence-electron chi connectivity index (χ0n) is 17.4. The van der Waals surface area contributed by atoms with Gasteiger partial charge in [-0.1, -0.05) is 29.8 Å². The molecule has 2 aromatic rings. The van der Waals surface area contributed by atoms with Crippen molar-refractivity contribution in [2.24, 2.45) is 0 Å². The molecule has 8 heteroatoms. The van der Waals surface area contributed by atoms with Crippen LogP contribution in [-0.4, -0.2) is 70.3 Å². The van der Waals surface area contributed by atoms with E-state index in [1.165, 1.54) is 0 Å². The second-order valence-corrected chi connectivity index (χ2v) is 9.07. The van der Waals surface area contributed by atoms with E-state index in [1.54, 1.807) is 18.5 Å². The van der Waals surface area contributed by atoms with Crippen LogP contribution in [0.1, 0.15) is 31.2 Å². The summed E-state index contributed by atoms with van der Waals surface area (Å²) in [5.74, 6) is 0.929. The SMILES string of the molecule is O=C1CC[C@H]2C[C@@](C(=O)N3CCCN(c4ncccn4)CC3)(c3ccccc3Cl)CN12. The molecule has 1 aromatic carbocycles. The molecule has 0 radical (unpaired) electrons. The molecule has 0 saturated carbocycles. The summed E-state index contributed by atoms with van der Waals surface area (Å²) >= 11 is 6.61. The number of carbonyl (C=O) groups is 2. The van der Waals surface area contributed by atoms with Gasteiger partial charge in [-0.15, -0.1) is 0 Å². The lowest BCUT2D eigenvalue weighted by molar-refractivity contribution is -0.137. The standard InChI is InChI=1S/C23H26ClN5O2/c24-19-6-2-1-5-18(19)23(15-17-7-8-20(30)29(17)16-23)21(31)27-11-4-12-28(14-13-27)22-25-9-3-10-26-22/h1-3,5-6,9-10,17H,4,7-8,11-16H2/t17-,23-/m0/s1. The Bertz CT molecular complexity index is 987. The Labute approximate surface area is 187 Å². The predicted molar refractivity (Wildman–Crippen MR) is 118 cm³/mol. The summed E-state index contributed by atoms with van der Waals surface area (Å²) in [7, 11) is 0. The van der Waals surface area contributed by atoms with Crippen LogP contribution in [0.15, 0.2) is 42.7 Å². The zero-order chi connectivity index (χ0) is 21.4. The molecular formula is C23H26ClN5O2. The van der Waals surface area contributed by atoms with E-state index in [0.717, 1.165) is 24.9 Å². The Kier molecular flexibility index (Phi) is 5.30. The molecule has 3 fully saturated rings. The van der Waals surface area contributed by atoms with Crippen LogP contribution in [0.2, 0.25) is 5.02 Å². The van der Waals surface area contributed by atoms with E-state index in [-0.39, 0.29) is 17.9 Å². The van der Waals surface area contributed by atoms with Crippen molar-refractivity contribution in [2.75, 3.05) is 37.6 Å². The fraction of sp³-hybridized carbons (Fsp3) is 0.478. The van der Waals surface area contributed by atoms with Gasteiger partial charge in [-0.2, -0.15) is 0 Å². The molecule has 0 N–H and O–H groups in total. The smallest absolute Gasteiger partial charge is 0.235 e. The normalized spacial score (nSPS) is 26.2. The number of hydrogen-bond acceptors (Lipinski definition) is 5. The number of fused-ring (bicyclic) bond motifs is 1. The van der Waals surface area contributed by atoms with Gasteiger partial charge in [-0.3, -0.25) is 9.59 Å². The largest absolute Gasteiger partial charge is 0.340 e. The van der Waals surface area contributed by atoms with Gasteiger partial charge in [0.15, 0.2) is 0 Å². The van der Waals surface area contributed by atoms with E-state index in [2.05, 4.69) is 14.9 Å². The maximum Gasteiger partial charge on any atom is 0.235 e. The highest BCUT2D eigenvalue weighted by Gasteiger charge is 2.55. The molecule has 2 amide bonds. The van der Waals surface area contributed by atoms with Crippen LogP contribution in [0.5, 0.6) is 0 Å². The van der Waals surface area contributed by atoms with E-state index in [1.807, 2.05) is 34.1 Å². The third-order valence-electron chi connectivity index (χ3n) is 6.89. The fourth-order valence-corrected chi connectivity index (χ4v) is 5.69. The average Bonchev–Trinajstić information content (AvgIpc) is 3.23. The van der Waals surface area contributed by atoms with Crippen LogP contribution in [0.25, 0.3) is 0 Å². The minimum Gasteiger partial charge on any atom is -0.340 e. The molecule has 31 heavy (non-hydrogen) atoms. The minimum absolute atomic E-state index is 0.0821. The van der Waals surface area contributed by atoms with Crippen molar-refractivity contribution in [3.63, 3.8) is 0 Å². The highest BCUT2D eigenvalue weighted by Crippen LogP contribution is 2.46. The molecule has 1 aromatic heterocycles. The van der Waals surface area contributed by atoms with Crippen LogP contribution in [-0.2, 0) is 15.0 Å². The molecule has 7 nitrogen and oxygen atoms in total. The molecule has 3 saturated heterocycles. The quantitative estimate of drug-likeness (QED) is 0.735. The third-order valence-corrected chi connectivity index (χ3v) is 7.22. The molecule has 0 aliphatic carbocycles. The minimum atomic E-state index is -0.780. The van der Waals surface area contributed by atoms with E-state index in [4.69, 9.17) is 11.6 Å². The van der Waals surface area contributed by atoms with Crippen LogP contribution >= 0.6 is 11.6 Å². The van der Waals surface area contributed by atoms with Gasteiger partial charge in [-0.25, -0.2) is 9.97 Å². The molecule has 4 heterocycles. The molecule has 0 bridgehead atoms. The first-order chi connectivity index (χ1) is 15.1. The van der Waals surface area contributed by atoms with Crippen molar-refractivity contribution >= 4 is 29.4 Å². The lowest BCUT2D eigenvalue weighted by Gasteiger charge is -2.35. The molecule has 5 rings (SSSR count). The highest BCUT2D eigenvalue weighted by atomic mass is 35.5. The van der Waals surface area contributed by atoms with Gasteiger partial charge in [0.05, 0.1) is 5.41 Å². The summed E-state index contributed by atoms with van der Waals surface area (Å²) in [6, 6.07) is 9.53. The third kappa shape index (κ3) is 3.55. The van der Waals surface area contributed by atoms with Gasteiger partial charge >= 0.3 is 0 Å². The Balaban J connectivity index is 1.43. The number of hydrogen-bond donors (Lipinski definition) is 0. The Morgan fingerprint density at radius 3 is 2.65 bits per heavy atom. The molecule has 162 valence electrons. The first-order valence-corrected chi connectivity index (χ1v) is 11.3. The number of nitrogens with zero attached hydrogens (tertiary/aromatic N) is 5. The summed E-state index contributed by atoms with van der Waals surface area (Å²) in [6.07, 6.45) is 6.36. The van der Waals surface area contributed by atoms with Crippen molar-refractivity contribution in [2.45, 2.75) is 37.1 Å². The first-order valence-electron chi connectivity index (χ1n) is 10.9. The maximum atomic E-state index is 14.1. The molecule has 0 spiro atoms. The number of amides is 2. The topological polar surface area (TPSA) is 69.6 Å². The molecule has 3 aliphatic rings. The number of benzene rings is 1. The van der Waals surface area contributed by atoms with Gasteiger partial charge in [0.1, 0.15) is 0 Å². The second-order valence-electron chi connectivity index (χ2n) is 8.66. The summed E-state index contributed by atoms with van der Waals surface area (Å²) in [4.78, 5) is 41.3. The number of rotatable bonds is 3. The lowest BCUT2D eigenvalue weighted by Crippen LogP contribution is -2.50. The summed E-state index contributed by atoms with van der Waals surface area (Å²) < 4.78 is 0. The summed E-state index contributed by atoms with van der Waals surface area (Å²) in [5, 5.41) is 0.596. The van der Waals surface area contributed by atoms with E-state index < -0.39 is 5.41 Å². The van der Waals surface area contributed by atoms with Gasteiger partial charge in [0.2, 0.25) is 17.8 Å². The number of aromatic nitrogens is 2. The summed E-state index contributed by atoms with van der Waals surface area (Å²) in [5.41, 5.74) is 0.0636. The van der Waals surface area contributed by atoms with Gasteiger partial charge in [0, 0.05) is 62.6 Å². The van der Waals surface area contributed by atoms with Crippen molar-refractivity contribution in [3.05, 3.63) is 53.3 Å². The molecular weight excluding hydrogens is 414 g/mol. The second kappa shape index (κ2) is 8.11. The average molecular weight is 440 g/mol. The number of halogens is 1. The van der Waals surface area contributed by atoms with Crippen molar-refractivity contribution in [1.29, 1.82) is 0 Å². The molecule has 2 atom stereocenters. The first kappa shape index (κ1) is 20.2. The number of carbonyl (C=O) groups excluding carboxylic acids is 2. The zero-order valence-corrected chi connectivity index (χ0v) is 18.2. The van der Waals surface area contributed by atoms with Gasteiger partial charge < -0.3 is 14.7 Å². The van der Waals surface area contributed by atoms with E-state index >= 15 is 0 Å². The monoisotopic (exact) mass is 439 g/mol. The fourth-order valence-electron chi connectivity index (χ4n) is 5.37. The summed E-state index contributed by atoms with van der Waals surface area (Å²) in [6.45, 7) is 3.18. The predicted octanol–water partition coefficient (Wildman–Crippen LogP) is 2.50. The van der Waals surface area contributed by atoms with Gasteiger partial charge in [-0.05, 0) is 37.0 Å². The lowest BCUT2D eigenvalue weighted by atomic mass is 9.76. The van der Waals surface area contributed by atoms with Crippen molar-refractivity contribution in [3.8, 4) is 0 Å². The van der Waals surface area contributed by atoms with Crippen molar-refractivity contribution in [1.82, 2.24) is 19.8 Å². The highest BCUT2D eigenvalue weighted by molar-refractivity contribution is 6.31. The molecule has 0 unspecified atom stereocenters. The van der Waals surface area contributed by atoms with Gasteiger partial charge in [0.25, 0.3) is 0 Å². The Morgan fingerprint density at radius 2 is 1.87 bits per heavy atom. The number of anilines is 1. The van der Waals surface area contributed by atoms with Crippen LogP contribution in [0, 0.1) is 0 Å². The van der Waals surface area contributed by atoms with Crippen molar-refractivity contribution < 1.29 is 9.59 Å². The van der Waals surface area contributed by atoms with E-state index in [9.17, 15) is 9.59 Å². The Morgan fingerprint density at radius 1 is 1.06 bits per heavy atom. The molecule has 3 aliphatic heterocycles. The Hall–Kier alpha value is -2.67. The van der Waals surface area contributed by atoms with Crippen LogP contribution in [0.4, 0.5) is 5.95 Å². The van der Waals surface area contributed by atoms with Crippen LogP contribution < -0.4 is 4.90 Å². The van der Waals surface area contributed by atoms with E-state index in [0.29, 0.717) is 50.0 Å².